The summed E-state index contributed by atoms with van der Waals surface area (Å²) in [4.78, 5) is 30.5. The van der Waals surface area contributed by atoms with Gasteiger partial charge in [-0.3, -0.25) is 9.20 Å². The molecule has 0 bridgehead atoms. The second kappa shape index (κ2) is 6.60. The molecule has 0 spiro atoms. The third-order valence-electron chi connectivity index (χ3n) is 4.32. The van der Waals surface area contributed by atoms with Crippen LogP contribution >= 0.6 is 11.3 Å². The molecule has 0 unspecified atom stereocenters. The number of carbonyl (C=O) groups is 1. The van der Waals surface area contributed by atoms with Crippen LogP contribution < -0.4 is 5.56 Å². The lowest BCUT2D eigenvalue weighted by atomic mass is 10.0. The molecule has 1 aliphatic rings. The zero-order valence-electron chi connectivity index (χ0n) is 13.6. The van der Waals surface area contributed by atoms with Crippen LogP contribution in [0.3, 0.4) is 0 Å². The molecule has 0 amide bonds. The highest BCUT2D eigenvalue weighted by atomic mass is 32.1. The third-order valence-corrected chi connectivity index (χ3v) is 5.46. The molecule has 1 aromatic carbocycles. The summed E-state index contributed by atoms with van der Waals surface area (Å²) < 4.78 is 33.2. The van der Waals surface area contributed by atoms with Crippen molar-refractivity contribution in [3.05, 3.63) is 68.1 Å². The lowest BCUT2D eigenvalue weighted by Gasteiger charge is -2.10. The number of carbonyl (C=O) groups excluding carboxylic acids is 1. The van der Waals surface area contributed by atoms with E-state index in [2.05, 4.69) is 4.98 Å². The summed E-state index contributed by atoms with van der Waals surface area (Å²) >= 11 is 1.47. The minimum absolute atomic E-state index is 0.214. The van der Waals surface area contributed by atoms with Gasteiger partial charge in [-0.15, -0.1) is 11.3 Å². The van der Waals surface area contributed by atoms with E-state index < -0.39 is 17.6 Å². The number of aromatic nitrogens is 2. The largest absolute Gasteiger partial charge is 0.455 e. The predicted octanol–water partition coefficient (Wildman–Crippen LogP) is 3.27. The number of fused-ring (bicyclic) bond motifs is 3. The van der Waals surface area contributed by atoms with Crippen molar-refractivity contribution in [1.29, 1.82) is 0 Å². The van der Waals surface area contributed by atoms with Crippen molar-refractivity contribution in [3.63, 3.8) is 0 Å². The summed E-state index contributed by atoms with van der Waals surface area (Å²) in [6.07, 6.45) is 3.95. The second-order valence-electron chi connectivity index (χ2n) is 6.08. The van der Waals surface area contributed by atoms with E-state index >= 15 is 0 Å². The molecule has 4 rings (SSSR count). The number of ether oxygens (including phenoxy) is 1. The Hall–Kier alpha value is -2.61. The van der Waals surface area contributed by atoms with E-state index in [0.717, 1.165) is 43.5 Å². The van der Waals surface area contributed by atoms with Gasteiger partial charge in [0.1, 0.15) is 18.2 Å². The molecule has 0 fully saturated rings. The van der Waals surface area contributed by atoms with Gasteiger partial charge < -0.3 is 4.74 Å². The van der Waals surface area contributed by atoms with Gasteiger partial charge in [-0.1, -0.05) is 0 Å². The normalized spacial score (nSPS) is 13.6. The maximum absolute atomic E-state index is 13.6. The van der Waals surface area contributed by atoms with Crippen LogP contribution in [0.25, 0.3) is 4.96 Å². The van der Waals surface area contributed by atoms with Crippen molar-refractivity contribution >= 4 is 22.3 Å². The summed E-state index contributed by atoms with van der Waals surface area (Å²) in [5.74, 6) is -2.71. The van der Waals surface area contributed by atoms with Crippen LogP contribution in [0, 0.1) is 11.6 Å². The average Bonchev–Trinajstić information content (AvgIpc) is 2.98. The first-order chi connectivity index (χ1) is 12.5. The van der Waals surface area contributed by atoms with Gasteiger partial charge in [-0.25, -0.2) is 18.6 Å². The Kier molecular flexibility index (Phi) is 4.28. The smallest absolute Gasteiger partial charge is 0.341 e. The zero-order valence-corrected chi connectivity index (χ0v) is 14.4. The first kappa shape index (κ1) is 16.8. The molecule has 134 valence electrons. The Morgan fingerprint density at radius 1 is 1.23 bits per heavy atom. The van der Waals surface area contributed by atoms with Gasteiger partial charge in [0.25, 0.3) is 5.56 Å². The second-order valence-corrected chi connectivity index (χ2v) is 7.15. The molecular formula is C18H14F2N2O3S. The lowest BCUT2D eigenvalue weighted by Crippen LogP contribution is -2.18. The van der Waals surface area contributed by atoms with Gasteiger partial charge in [0.05, 0.1) is 11.3 Å². The van der Waals surface area contributed by atoms with Crippen molar-refractivity contribution in [2.24, 2.45) is 0 Å². The van der Waals surface area contributed by atoms with Crippen molar-refractivity contribution in [3.8, 4) is 0 Å². The standard InChI is InChI=1S/C18H14F2N2O3S/c19-10-5-6-12(13(20)7-10)17(24)25-9-11-8-16(23)22-14-3-1-2-4-15(14)26-18(22)21-11/h5-8H,1-4,9H2. The minimum atomic E-state index is -0.996. The molecule has 0 atom stereocenters. The van der Waals surface area contributed by atoms with Gasteiger partial charge >= 0.3 is 5.97 Å². The number of thiazole rings is 1. The molecule has 26 heavy (non-hydrogen) atoms. The molecule has 2 aromatic heterocycles. The highest BCUT2D eigenvalue weighted by Gasteiger charge is 2.19. The van der Waals surface area contributed by atoms with E-state index in [9.17, 15) is 18.4 Å². The fourth-order valence-electron chi connectivity index (χ4n) is 3.09. The van der Waals surface area contributed by atoms with Gasteiger partial charge in [-0.05, 0) is 37.8 Å². The van der Waals surface area contributed by atoms with Crippen LogP contribution in [0.5, 0.6) is 0 Å². The number of benzene rings is 1. The highest BCUT2D eigenvalue weighted by molar-refractivity contribution is 7.17. The predicted molar refractivity (Wildman–Crippen MR) is 91.5 cm³/mol. The summed E-state index contributed by atoms with van der Waals surface area (Å²) in [6.45, 7) is -0.260. The number of rotatable bonds is 3. The molecule has 2 heterocycles. The Balaban J connectivity index is 1.58. The van der Waals surface area contributed by atoms with Gasteiger partial charge in [0.2, 0.25) is 0 Å². The van der Waals surface area contributed by atoms with Crippen LogP contribution in [0.1, 0.15) is 39.5 Å². The van der Waals surface area contributed by atoms with E-state index in [-0.39, 0.29) is 17.7 Å². The maximum atomic E-state index is 13.6. The van der Waals surface area contributed by atoms with Crippen LogP contribution in [0.4, 0.5) is 8.78 Å². The molecule has 0 saturated heterocycles. The summed E-state index contributed by atoms with van der Waals surface area (Å²) in [7, 11) is 0. The molecular weight excluding hydrogens is 362 g/mol. The number of nitrogens with zero attached hydrogens (tertiary/aromatic N) is 2. The number of aryl methyl sites for hydroxylation is 2. The van der Waals surface area contributed by atoms with Crippen LogP contribution in [-0.4, -0.2) is 15.4 Å². The minimum Gasteiger partial charge on any atom is -0.455 e. The van der Waals surface area contributed by atoms with Gasteiger partial charge in [0, 0.05) is 22.7 Å². The summed E-state index contributed by atoms with van der Waals surface area (Å²) in [5.41, 5.74) is 0.736. The van der Waals surface area contributed by atoms with Crippen molar-refractivity contribution in [2.45, 2.75) is 32.3 Å². The molecule has 5 nitrogen and oxygen atoms in total. The van der Waals surface area contributed by atoms with E-state index in [4.69, 9.17) is 4.74 Å². The number of hydrogen-bond donors (Lipinski definition) is 0. The van der Waals surface area contributed by atoms with Crippen molar-refractivity contribution < 1.29 is 18.3 Å². The number of halogens is 2. The molecule has 0 N–H and O–H groups in total. The Morgan fingerprint density at radius 2 is 2.04 bits per heavy atom. The van der Waals surface area contributed by atoms with Crippen LogP contribution in [0.15, 0.2) is 29.1 Å². The Morgan fingerprint density at radius 3 is 2.85 bits per heavy atom. The molecule has 0 aliphatic heterocycles. The molecule has 0 radical (unpaired) electrons. The first-order valence-corrected chi connectivity index (χ1v) is 9.00. The fourth-order valence-corrected chi connectivity index (χ4v) is 4.32. The molecule has 3 aromatic rings. The quantitative estimate of drug-likeness (QED) is 0.659. The van der Waals surface area contributed by atoms with E-state index in [1.54, 1.807) is 4.40 Å². The van der Waals surface area contributed by atoms with Gasteiger partial charge in [0.15, 0.2) is 4.96 Å². The first-order valence-electron chi connectivity index (χ1n) is 8.18. The van der Waals surface area contributed by atoms with Crippen LogP contribution in [-0.2, 0) is 24.2 Å². The zero-order chi connectivity index (χ0) is 18.3. The topological polar surface area (TPSA) is 60.7 Å². The summed E-state index contributed by atoms with van der Waals surface area (Å²) in [6, 6.07) is 3.94. The third kappa shape index (κ3) is 3.01. The molecule has 8 heteroatoms. The summed E-state index contributed by atoms with van der Waals surface area (Å²) in [5, 5.41) is 0. The van der Waals surface area contributed by atoms with E-state index in [1.165, 1.54) is 22.3 Å². The van der Waals surface area contributed by atoms with Crippen molar-refractivity contribution in [1.82, 2.24) is 9.38 Å². The van der Waals surface area contributed by atoms with E-state index in [0.29, 0.717) is 16.7 Å². The highest BCUT2D eigenvalue weighted by Crippen LogP contribution is 2.28. The average molecular weight is 376 g/mol. The fraction of sp³-hybridized carbons (Fsp3) is 0.278. The molecule has 1 aliphatic carbocycles. The maximum Gasteiger partial charge on any atom is 0.341 e. The molecule has 0 saturated carbocycles. The SMILES string of the molecule is O=C(OCc1cc(=O)n2c3c(sc2n1)CCCC3)c1ccc(F)cc1F. The Labute approximate surface area is 150 Å². The van der Waals surface area contributed by atoms with Crippen molar-refractivity contribution in [2.75, 3.05) is 0 Å². The van der Waals surface area contributed by atoms with Gasteiger partial charge in [-0.2, -0.15) is 0 Å². The van der Waals surface area contributed by atoms with E-state index in [1.807, 2.05) is 0 Å². The van der Waals surface area contributed by atoms with Crippen LogP contribution in [0.2, 0.25) is 0 Å². The number of esters is 1. The Bertz CT molecular complexity index is 1070. The monoisotopic (exact) mass is 376 g/mol. The number of hydrogen-bond acceptors (Lipinski definition) is 5. The lowest BCUT2D eigenvalue weighted by molar-refractivity contribution is 0.0462.